The number of anilines is 1. The van der Waals surface area contributed by atoms with Crippen LogP contribution in [-0.2, 0) is 0 Å². The van der Waals surface area contributed by atoms with E-state index in [2.05, 4.69) is 13.8 Å². The first kappa shape index (κ1) is 10.8. The van der Waals surface area contributed by atoms with Gasteiger partial charge in [0.05, 0.1) is 5.69 Å². The first-order valence-electron chi connectivity index (χ1n) is 4.92. The third-order valence-corrected chi connectivity index (χ3v) is 2.79. The molecular formula is C11H18N2O. The first-order chi connectivity index (χ1) is 6.45. The molecule has 1 aromatic rings. The zero-order valence-corrected chi connectivity index (χ0v) is 9.24. The maximum Gasteiger partial charge on any atom is 0.251 e. The standard InChI is InChI=1S/C11H18N2O/c1-7(2)8(3)13-9(4)10(12)5-6-11(13)14/h5-8H,12H2,1-4H3. The molecule has 3 nitrogen and oxygen atoms in total. The van der Waals surface area contributed by atoms with Crippen molar-refractivity contribution in [2.24, 2.45) is 5.92 Å². The van der Waals surface area contributed by atoms with Gasteiger partial charge in [-0.15, -0.1) is 0 Å². The van der Waals surface area contributed by atoms with Gasteiger partial charge < -0.3 is 10.3 Å². The molecule has 0 bridgehead atoms. The summed E-state index contributed by atoms with van der Waals surface area (Å²) in [7, 11) is 0. The molecule has 0 radical (unpaired) electrons. The predicted molar refractivity (Wildman–Crippen MR) is 59.4 cm³/mol. The Bertz CT molecular complexity index is 379. The molecule has 1 atom stereocenters. The lowest BCUT2D eigenvalue weighted by molar-refractivity contribution is 0.392. The van der Waals surface area contributed by atoms with Crippen molar-refractivity contribution in [2.75, 3.05) is 5.73 Å². The summed E-state index contributed by atoms with van der Waals surface area (Å²) >= 11 is 0. The topological polar surface area (TPSA) is 48.0 Å². The molecule has 78 valence electrons. The van der Waals surface area contributed by atoms with Crippen LogP contribution in [0.5, 0.6) is 0 Å². The molecule has 0 spiro atoms. The summed E-state index contributed by atoms with van der Waals surface area (Å²) in [4.78, 5) is 11.6. The van der Waals surface area contributed by atoms with E-state index < -0.39 is 0 Å². The normalized spacial score (nSPS) is 13.2. The molecule has 0 saturated carbocycles. The monoisotopic (exact) mass is 194 g/mol. The summed E-state index contributed by atoms with van der Waals surface area (Å²) < 4.78 is 1.76. The van der Waals surface area contributed by atoms with Crippen molar-refractivity contribution in [3.63, 3.8) is 0 Å². The maximum absolute atomic E-state index is 11.6. The van der Waals surface area contributed by atoms with Gasteiger partial charge in [-0.3, -0.25) is 4.79 Å². The van der Waals surface area contributed by atoms with Crippen LogP contribution in [-0.4, -0.2) is 4.57 Å². The van der Waals surface area contributed by atoms with Gasteiger partial charge in [-0.2, -0.15) is 0 Å². The number of rotatable bonds is 2. The molecule has 1 unspecified atom stereocenters. The molecule has 0 amide bonds. The van der Waals surface area contributed by atoms with E-state index in [4.69, 9.17) is 5.73 Å². The summed E-state index contributed by atoms with van der Waals surface area (Å²) in [6, 6.07) is 3.38. The fraction of sp³-hybridized carbons (Fsp3) is 0.545. The second-order valence-electron chi connectivity index (χ2n) is 4.07. The lowest BCUT2D eigenvalue weighted by Crippen LogP contribution is -2.28. The maximum atomic E-state index is 11.6. The van der Waals surface area contributed by atoms with Crippen molar-refractivity contribution >= 4 is 5.69 Å². The van der Waals surface area contributed by atoms with Crippen molar-refractivity contribution in [3.05, 3.63) is 28.2 Å². The molecule has 1 aromatic heterocycles. The summed E-state index contributed by atoms with van der Waals surface area (Å²) in [5.41, 5.74) is 7.33. The lowest BCUT2D eigenvalue weighted by Gasteiger charge is -2.22. The van der Waals surface area contributed by atoms with Crippen LogP contribution in [0.25, 0.3) is 0 Å². The van der Waals surface area contributed by atoms with Gasteiger partial charge in [0.25, 0.3) is 5.56 Å². The Morgan fingerprint density at radius 2 is 1.86 bits per heavy atom. The fourth-order valence-corrected chi connectivity index (χ4v) is 1.47. The Kier molecular flexibility index (Phi) is 2.99. The highest BCUT2D eigenvalue weighted by Gasteiger charge is 2.13. The Balaban J connectivity index is 3.33. The smallest absolute Gasteiger partial charge is 0.251 e. The third kappa shape index (κ3) is 1.81. The molecule has 0 aliphatic heterocycles. The van der Waals surface area contributed by atoms with Gasteiger partial charge in [0.2, 0.25) is 0 Å². The van der Waals surface area contributed by atoms with Crippen LogP contribution in [0.1, 0.15) is 32.5 Å². The Morgan fingerprint density at radius 1 is 1.29 bits per heavy atom. The summed E-state index contributed by atoms with van der Waals surface area (Å²) in [5, 5.41) is 0. The number of pyridine rings is 1. The fourth-order valence-electron chi connectivity index (χ4n) is 1.47. The minimum Gasteiger partial charge on any atom is -0.397 e. The van der Waals surface area contributed by atoms with E-state index in [0.717, 1.165) is 5.69 Å². The van der Waals surface area contributed by atoms with Gasteiger partial charge in [0.1, 0.15) is 0 Å². The van der Waals surface area contributed by atoms with Gasteiger partial charge >= 0.3 is 0 Å². The average molecular weight is 194 g/mol. The number of nitrogen functional groups attached to an aromatic ring is 1. The average Bonchev–Trinajstić information content (AvgIpc) is 2.12. The van der Waals surface area contributed by atoms with Crippen LogP contribution in [0.3, 0.4) is 0 Å². The van der Waals surface area contributed by atoms with Gasteiger partial charge in [-0.05, 0) is 25.8 Å². The van der Waals surface area contributed by atoms with E-state index in [-0.39, 0.29) is 11.6 Å². The molecule has 1 heterocycles. The van der Waals surface area contributed by atoms with E-state index in [9.17, 15) is 4.79 Å². The third-order valence-electron chi connectivity index (χ3n) is 2.79. The largest absolute Gasteiger partial charge is 0.397 e. The number of nitrogens with zero attached hydrogens (tertiary/aromatic N) is 1. The number of aromatic nitrogens is 1. The molecule has 0 aromatic carbocycles. The highest BCUT2D eigenvalue weighted by Crippen LogP contribution is 2.18. The zero-order chi connectivity index (χ0) is 10.9. The van der Waals surface area contributed by atoms with Gasteiger partial charge in [-0.1, -0.05) is 13.8 Å². The molecule has 0 fully saturated rings. The number of hydrogen-bond donors (Lipinski definition) is 1. The van der Waals surface area contributed by atoms with Gasteiger partial charge in [0, 0.05) is 17.8 Å². The second kappa shape index (κ2) is 3.86. The molecule has 2 N–H and O–H groups in total. The Labute approximate surface area is 84.6 Å². The Morgan fingerprint density at radius 3 is 2.36 bits per heavy atom. The summed E-state index contributed by atoms with van der Waals surface area (Å²) in [5.74, 6) is 0.424. The number of nitrogens with two attached hydrogens (primary N) is 1. The van der Waals surface area contributed by atoms with E-state index in [0.29, 0.717) is 11.6 Å². The minimum absolute atomic E-state index is 0.0258. The molecular weight excluding hydrogens is 176 g/mol. The molecule has 14 heavy (non-hydrogen) atoms. The molecule has 3 heteroatoms. The zero-order valence-electron chi connectivity index (χ0n) is 9.24. The van der Waals surface area contributed by atoms with Crippen molar-refractivity contribution in [2.45, 2.75) is 33.7 Å². The second-order valence-corrected chi connectivity index (χ2v) is 4.07. The molecule has 0 aliphatic rings. The predicted octanol–water partition coefficient (Wildman–Crippen LogP) is 1.96. The minimum atomic E-state index is 0.0258. The summed E-state index contributed by atoms with van der Waals surface area (Å²) in [6.45, 7) is 8.12. The molecule has 1 rings (SSSR count). The number of hydrogen-bond acceptors (Lipinski definition) is 2. The van der Waals surface area contributed by atoms with E-state index in [1.807, 2.05) is 13.8 Å². The first-order valence-corrected chi connectivity index (χ1v) is 4.92. The molecule has 0 aliphatic carbocycles. The molecule has 0 saturated heterocycles. The van der Waals surface area contributed by atoms with Gasteiger partial charge in [0.15, 0.2) is 0 Å². The van der Waals surface area contributed by atoms with E-state index >= 15 is 0 Å². The van der Waals surface area contributed by atoms with Gasteiger partial charge in [-0.25, -0.2) is 0 Å². The van der Waals surface area contributed by atoms with Crippen LogP contribution < -0.4 is 11.3 Å². The SMILES string of the molecule is Cc1c(N)ccc(=O)n1C(C)C(C)C. The lowest BCUT2D eigenvalue weighted by atomic mass is 10.1. The highest BCUT2D eigenvalue weighted by molar-refractivity contribution is 5.41. The van der Waals surface area contributed by atoms with Crippen LogP contribution in [0.2, 0.25) is 0 Å². The van der Waals surface area contributed by atoms with Crippen molar-refractivity contribution < 1.29 is 0 Å². The van der Waals surface area contributed by atoms with Crippen molar-refractivity contribution in [1.29, 1.82) is 0 Å². The van der Waals surface area contributed by atoms with Crippen molar-refractivity contribution in [1.82, 2.24) is 4.57 Å². The van der Waals surface area contributed by atoms with Crippen molar-refractivity contribution in [3.8, 4) is 0 Å². The van der Waals surface area contributed by atoms with Crippen LogP contribution in [0.15, 0.2) is 16.9 Å². The van der Waals surface area contributed by atoms with E-state index in [1.165, 1.54) is 6.07 Å². The Hall–Kier alpha value is -1.25. The van der Waals surface area contributed by atoms with Crippen LogP contribution in [0, 0.1) is 12.8 Å². The summed E-state index contributed by atoms with van der Waals surface area (Å²) in [6.07, 6.45) is 0. The van der Waals surface area contributed by atoms with Crippen LogP contribution >= 0.6 is 0 Å². The quantitative estimate of drug-likeness (QED) is 0.782. The highest BCUT2D eigenvalue weighted by atomic mass is 16.1. The van der Waals surface area contributed by atoms with E-state index in [1.54, 1.807) is 10.6 Å². The van der Waals surface area contributed by atoms with Crippen LogP contribution in [0.4, 0.5) is 5.69 Å².